The molecule has 4 rings (SSSR count). The summed E-state index contributed by atoms with van der Waals surface area (Å²) in [7, 11) is 1.86. The lowest BCUT2D eigenvalue weighted by Crippen LogP contribution is -2.40. The second-order valence-corrected chi connectivity index (χ2v) is 7.67. The summed E-state index contributed by atoms with van der Waals surface area (Å²) in [6.45, 7) is 7.73. The SMILES string of the molecule is CN=C(NCc1cccc(CN2CCOC(C)C2)c1)N1CCc2ccccc21. The standard InChI is InChI=1S/C23H30N4O/c1-18-16-26(12-13-28-18)17-20-7-5-6-19(14-20)15-25-23(24-2)27-11-10-21-8-3-4-9-22(21)27/h3-9,14,18H,10-13,15-17H2,1-2H3,(H,24,25). The Morgan fingerprint density at radius 3 is 2.86 bits per heavy atom. The van der Waals surface area contributed by atoms with Crippen molar-refractivity contribution in [1.82, 2.24) is 10.2 Å². The molecule has 0 bridgehead atoms. The fourth-order valence-corrected chi connectivity index (χ4v) is 4.16. The molecule has 5 nitrogen and oxygen atoms in total. The topological polar surface area (TPSA) is 40.1 Å². The molecule has 0 spiro atoms. The van der Waals surface area contributed by atoms with Gasteiger partial charge in [-0.1, -0.05) is 42.5 Å². The number of fused-ring (bicyclic) bond motifs is 1. The van der Waals surface area contributed by atoms with Crippen LogP contribution >= 0.6 is 0 Å². The summed E-state index contributed by atoms with van der Waals surface area (Å²) in [5.74, 6) is 0.942. The fraction of sp³-hybridized carbons (Fsp3) is 0.435. The number of nitrogens with zero attached hydrogens (tertiary/aromatic N) is 3. The van der Waals surface area contributed by atoms with Crippen LogP contribution in [0, 0.1) is 0 Å². The molecule has 1 unspecified atom stereocenters. The first-order chi connectivity index (χ1) is 13.7. The number of rotatable bonds is 4. The fourth-order valence-electron chi connectivity index (χ4n) is 4.16. The Morgan fingerprint density at radius 1 is 1.14 bits per heavy atom. The summed E-state index contributed by atoms with van der Waals surface area (Å²) in [5, 5.41) is 3.55. The molecule has 0 amide bonds. The van der Waals surface area contributed by atoms with Crippen molar-refractivity contribution < 1.29 is 4.74 Å². The zero-order chi connectivity index (χ0) is 19.3. The Labute approximate surface area is 168 Å². The molecule has 2 aliphatic heterocycles. The highest BCUT2D eigenvalue weighted by Gasteiger charge is 2.22. The molecule has 1 fully saturated rings. The van der Waals surface area contributed by atoms with Crippen molar-refractivity contribution in [2.24, 2.45) is 4.99 Å². The maximum atomic E-state index is 5.65. The second-order valence-electron chi connectivity index (χ2n) is 7.67. The summed E-state index contributed by atoms with van der Waals surface area (Å²) in [5.41, 5.74) is 5.31. The van der Waals surface area contributed by atoms with Crippen molar-refractivity contribution in [2.75, 3.05) is 38.2 Å². The molecular formula is C23H30N4O. The first-order valence-corrected chi connectivity index (χ1v) is 10.2. The van der Waals surface area contributed by atoms with Crippen LogP contribution in [0.4, 0.5) is 5.69 Å². The first kappa shape index (κ1) is 19.0. The van der Waals surface area contributed by atoms with Gasteiger partial charge >= 0.3 is 0 Å². The number of hydrogen-bond acceptors (Lipinski definition) is 3. The average Bonchev–Trinajstić information content (AvgIpc) is 3.13. The molecule has 1 N–H and O–H groups in total. The Hall–Kier alpha value is -2.37. The highest BCUT2D eigenvalue weighted by atomic mass is 16.5. The van der Waals surface area contributed by atoms with Gasteiger partial charge in [0, 0.05) is 45.5 Å². The molecule has 0 aromatic heterocycles. The van der Waals surface area contributed by atoms with E-state index < -0.39 is 0 Å². The summed E-state index contributed by atoms with van der Waals surface area (Å²) in [6, 6.07) is 17.5. The third-order valence-electron chi connectivity index (χ3n) is 5.53. The molecule has 2 aromatic rings. The number of benzene rings is 2. The molecule has 0 aliphatic carbocycles. The van der Waals surface area contributed by atoms with Crippen LogP contribution in [0.3, 0.4) is 0 Å². The number of aliphatic imine (C=N–C) groups is 1. The number of hydrogen-bond donors (Lipinski definition) is 1. The Bertz CT molecular complexity index is 835. The smallest absolute Gasteiger partial charge is 0.198 e. The van der Waals surface area contributed by atoms with Gasteiger partial charge in [-0.3, -0.25) is 9.89 Å². The zero-order valence-corrected chi connectivity index (χ0v) is 16.9. The van der Waals surface area contributed by atoms with E-state index in [1.54, 1.807) is 0 Å². The van der Waals surface area contributed by atoms with Crippen LogP contribution in [0.25, 0.3) is 0 Å². The van der Waals surface area contributed by atoms with Crippen LogP contribution in [-0.4, -0.2) is 50.3 Å². The van der Waals surface area contributed by atoms with E-state index in [-0.39, 0.29) is 0 Å². The minimum atomic E-state index is 0.324. The van der Waals surface area contributed by atoms with Gasteiger partial charge in [-0.25, -0.2) is 0 Å². The molecule has 2 aromatic carbocycles. The second kappa shape index (κ2) is 8.76. The molecular weight excluding hydrogens is 348 g/mol. The third-order valence-corrected chi connectivity index (χ3v) is 5.53. The van der Waals surface area contributed by atoms with Gasteiger partial charge in [0.1, 0.15) is 0 Å². The number of anilines is 1. The van der Waals surface area contributed by atoms with Crippen LogP contribution in [0.2, 0.25) is 0 Å². The van der Waals surface area contributed by atoms with Crippen LogP contribution in [0.1, 0.15) is 23.6 Å². The minimum Gasteiger partial charge on any atom is -0.376 e. The van der Waals surface area contributed by atoms with E-state index >= 15 is 0 Å². The van der Waals surface area contributed by atoms with Gasteiger partial charge in [0.25, 0.3) is 0 Å². The highest BCUT2D eigenvalue weighted by molar-refractivity contribution is 5.97. The number of ether oxygens (including phenoxy) is 1. The molecule has 28 heavy (non-hydrogen) atoms. The number of para-hydroxylation sites is 1. The van der Waals surface area contributed by atoms with Crippen LogP contribution < -0.4 is 10.2 Å². The van der Waals surface area contributed by atoms with Crippen LogP contribution in [-0.2, 0) is 24.2 Å². The van der Waals surface area contributed by atoms with Crippen molar-refractivity contribution in [2.45, 2.75) is 32.5 Å². The van der Waals surface area contributed by atoms with E-state index in [1.165, 1.54) is 22.4 Å². The minimum absolute atomic E-state index is 0.324. The predicted octanol–water partition coefficient (Wildman–Crippen LogP) is 3.05. The monoisotopic (exact) mass is 378 g/mol. The summed E-state index contributed by atoms with van der Waals surface area (Å²) < 4.78 is 5.65. The zero-order valence-electron chi connectivity index (χ0n) is 16.9. The van der Waals surface area contributed by atoms with E-state index in [9.17, 15) is 0 Å². The van der Waals surface area contributed by atoms with Gasteiger partial charge in [0.2, 0.25) is 0 Å². The molecule has 148 valence electrons. The molecule has 0 saturated carbocycles. The lowest BCUT2D eigenvalue weighted by Gasteiger charge is -2.31. The predicted molar refractivity (Wildman–Crippen MR) is 115 cm³/mol. The lowest BCUT2D eigenvalue weighted by atomic mass is 10.1. The van der Waals surface area contributed by atoms with Crippen molar-refractivity contribution in [3.63, 3.8) is 0 Å². The molecule has 1 atom stereocenters. The van der Waals surface area contributed by atoms with E-state index in [0.29, 0.717) is 6.10 Å². The largest absolute Gasteiger partial charge is 0.376 e. The third kappa shape index (κ3) is 4.37. The number of guanidine groups is 1. The van der Waals surface area contributed by atoms with Crippen molar-refractivity contribution >= 4 is 11.6 Å². The Morgan fingerprint density at radius 2 is 2.00 bits per heavy atom. The summed E-state index contributed by atoms with van der Waals surface area (Å²) >= 11 is 0. The summed E-state index contributed by atoms with van der Waals surface area (Å²) in [6.07, 6.45) is 1.40. The summed E-state index contributed by atoms with van der Waals surface area (Å²) in [4.78, 5) is 9.28. The maximum Gasteiger partial charge on any atom is 0.198 e. The van der Waals surface area contributed by atoms with E-state index in [0.717, 1.165) is 51.7 Å². The number of nitrogens with one attached hydrogen (secondary N) is 1. The van der Waals surface area contributed by atoms with Crippen molar-refractivity contribution in [3.8, 4) is 0 Å². The average molecular weight is 379 g/mol. The van der Waals surface area contributed by atoms with Gasteiger partial charge in [0.15, 0.2) is 5.96 Å². The van der Waals surface area contributed by atoms with Gasteiger partial charge in [-0.2, -0.15) is 0 Å². The lowest BCUT2D eigenvalue weighted by molar-refractivity contribution is -0.0212. The van der Waals surface area contributed by atoms with Crippen molar-refractivity contribution in [1.29, 1.82) is 0 Å². The molecule has 2 heterocycles. The van der Waals surface area contributed by atoms with Gasteiger partial charge in [-0.15, -0.1) is 0 Å². The van der Waals surface area contributed by atoms with E-state index in [1.807, 2.05) is 7.05 Å². The van der Waals surface area contributed by atoms with Gasteiger partial charge in [0.05, 0.1) is 12.7 Å². The normalized spacial score (nSPS) is 20.3. The molecule has 1 saturated heterocycles. The van der Waals surface area contributed by atoms with Crippen molar-refractivity contribution in [3.05, 3.63) is 65.2 Å². The quantitative estimate of drug-likeness (QED) is 0.656. The molecule has 5 heteroatoms. The van der Waals surface area contributed by atoms with Gasteiger partial charge < -0.3 is 15.0 Å². The molecule has 0 radical (unpaired) electrons. The highest BCUT2D eigenvalue weighted by Crippen LogP contribution is 2.27. The van der Waals surface area contributed by atoms with E-state index in [2.05, 4.69) is 75.6 Å². The maximum absolute atomic E-state index is 5.65. The van der Waals surface area contributed by atoms with E-state index in [4.69, 9.17) is 4.74 Å². The van der Waals surface area contributed by atoms with Gasteiger partial charge in [-0.05, 0) is 36.1 Å². The van der Waals surface area contributed by atoms with Crippen LogP contribution in [0.5, 0.6) is 0 Å². The van der Waals surface area contributed by atoms with Crippen LogP contribution in [0.15, 0.2) is 53.5 Å². The Balaban J connectivity index is 1.38. The first-order valence-electron chi connectivity index (χ1n) is 10.2. The Kier molecular flexibility index (Phi) is 5.93. The number of morpholine rings is 1. The molecule has 2 aliphatic rings.